The van der Waals surface area contributed by atoms with E-state index in [-0.39, 0.29) is 23.6 Å². The third-order valence-electron chi connectivity index (χ3n) is 6.33. The molecule has 7 heteroatoms. The molecule has 2 atom stereocenters. The van der Waals surface area contributed by atoms with Crippen molar-refractivity contribution in [2.24, 2.45) is 5.41 Å². The van der Waals surface area contributed by atoms with Gasteiger partial charge in [0.25, 0.3) is 0 Å². The molecule has 2 heterocycles. The van der Waals surface area contributed by atoms with E-state index in [1.165, 1.54) is 0 Å². The molecular formula is C18H31N5O2. The Kier molecular flexibility index (Phi) is 5.61. The normalized spacial score (nSPS) is 26.3. The highest BCUT2D eigenvalue weighted by molar-refractivity contribution is 5.75. The number of likely N-dealkylation sites (tertiary alicyclic amines) is 1. The molecule has 1 N–H and O–H groups in total. The van der Waals surface area contributed by atoms with E-state index in [0.29, 0.717) is 6.04 Å². The van der Waals surface area contributed by atoms with Gasteiger partial charge in [-0.25, -0.2) is 14.5 Å². The summed E-state index contributed by atoms with van der Waals surface area (Å²) in [5, 5.41) is 7.51. The fourth-order valence-corrected chi connectivity index (χ4v) is 4.56. The predicted octanol–water partition coefficient (Wildman–Crippen LogP) is 2.61. The summed E-state index contributed by atoms with van der Waals surface area (Å²) in [5.41, 5.74) is 0.0880. The lowest BCUT2D eigenvalue weighted by atomic mass is 9.58. The molecule has 7 nitrogen and oxygen atoms in total. The zero-order chi connectivity index (χ0) is 17.9. The highest BCUT2D eigenvalue weighted by atomic mass is 16.5. The number of ether oxygens (including phenoxy) is 1. The zero-order valence-electron chi connectivity index (χ0n) is 15.6. The molecule has 2 fully saturated rings. The van der Waals surface area contributed by atoms with Crippen molar-refractivity contribution in [2.45, 2.75) is 71.1 Å². The van der Waals surface area contributed by atoms with Crippen LogP contribution in [0.15, 0.2) is 12.7 Å². The number of carbonyl (C=O) groups is 1. The Morgan fingerprint density at radius 2 is 2.00 bits per heavy atom. The SMILES string of the molecule is CCO[C@@H]1C[C@H](NC(=O)N2CCC(n3cncn3)CC2)C1(CC)CC. The molecule has 1 aromatic rings. The van der Waals surface area contributed by atoms with Gasteiger partial charge in [0.05, 0.1) is 12.1 Å². The maximum Gasteiger partial charge on any atom is 0.317 e. The van der Waals surface area contributed by atoms with Gasteiger partial charge < -0.3 is 15.0 Å². The minimum atomic E-state index is 0.0725. The molecule has 0 spiro atoms. The van der Waals surface area contributed by atoms with Crippen LogP contribution in [0, 0.1) is 5.41 Å². The Balaban J connectivity index is 1.53. The van der Waals surface area contributed by atoms with E-state index in [9.17, 15) is 4.79 Å². The molecule has 1 aliphatic heterocycles. The lowest BCUT2D eigenvalue weighted by Gasteiger charge is -2.55. The summed E-state index contributed by atoms with van der Waals surface area (Å²) in [7, 11) is 0. The van der Waals surface area contributed by atoms with E-state index in [4.69, 9.17) is 4.74 Å². The monoisotopic (exact) mass is 349 g/mol. The van der Waals surface area contributed by atoms with Gasteiger partial charge in [0.2, 0.25) is 0 Å². The number of hydrogen-bond acceptors (Lipinski definition) is 4. The minimum absolute atomic E-state index is 0.0725. The first-order valence-electron chi connectivity index (χ1n) is 9.65. The number of nitrogens with one attached hydrogen (secondary N) is 1. The molecule has 1 aliphatic carbocycles. The van der Waals surface area contributed by atoms with Crippen molar-refractivity contribution in [3.05, 3.63) is 12.7 Å². The molecule has 25 heavy (non-hydrogen) atoms. The highest BCUT2D eigenvalue weighted by Gasteiger charge is 2.54. The van der Waals surface area contributed by atoms with Crippen molar-refractivity contribution >= 4 is 6.03 Å². The van der Waals surface area contributed by atoms with Gasteiger partial charge in [-0.1, -0.05) is 13.8 Å². The van der Waals surface area contributed by atoms with Crippen LogP contribution in [-0.2, 0) is 4.74 Å². The van der Waals surface area contributed by atoms with E-state index in [0.717, 1.165) is 51.8 Å². The van der Waals surface area contributed by atoms with Gasteiger partial charge in [-0.3, -0.25) is 0 Å². The first-order chi connectivity index (χ1) is 12.1. The zero-order valence-corrected chi connectivity index (χ0v) is 15.6. The van der Waals surface area contributed by atoms with Gasteiger partial charge in [0.15, 0.2) is 0 Å². The predicted molar refractivity (Wildman–Crippen MR) is 95.2 cm³/mol. The quantitative estimate of drug-likeness (QED) is 0.857. The van der Waals surface area contributed by atoms with E-state index in [2.05, 4.69) is 29.2 Å². The van der Waals surface area contributed by atoms with Crippen LogP contribution in [0.5, 0.6) is 0 Å². The van der Waals surface area contributed by atoms with Crippen LogP contribution in [0.25, 0.3) is 0 Å². The first kappa shape index (κ1) is 18.2. The Morgan fingerprint density at radius 3 is 2.56 bits per heavy atom. The Bertz CT molecular complexity index is 550. The number of urea groups is 1. The molecule has 2 amide bonds. The van der Waals surface area contributed by atoms with Crippen molar-refractivity contribution in [3.8, 4) is 0 Å². The maximum absolute atomic E-state index is 12.7. The van der Waals surface area contributed by atoms with Crippen molar-refractivity contribution in [3.63, 3.8) is 0 Å². The number of nitrogens with zero attached hydrogens (tertiary/aromatic N) is 4. The third-order valence-corrected chi connectivity index (χ3v) is 6.33. The van der Waals surface area contributed by atoms with Crippen LogP contribution >= 0.6 is 0 Å². The molecule has 0 bridgehead atoms. The molecule has 1 saturated heterocycles. The minimum Gasteiger partial charge on any atom is -0.378 e. The third kappa shape index (κ3) is 3.38. The molecule has 0 aromatic carbocycles. The molecule has 0 radical (unpaired) electrons. The van der Waals surface area contributed by atoms with Crippen LogP contribution in [-0.4, -0.2) is 57.5 Å². The average Bonchev–Trinajstić information content (AvgIpc) is 3.16. The first-order valence-corrected chi connectivity index (χ1v) is 9.65. The van der Waals surface area contributed by atoms with Crippen LogP contribution < -0.4 is 5.32 Å². The second-order valence-electron chi connectivity index (χ2n) is 7.22. The molecular weight excluding hydrogens is 318 g/mol. The van der Waals surface area contributed by atoms with Crippen molar-refractivity contribution in [2.75, 3.05) is 19.7 Å². The Morgan fingerprint density at radius 1 is 1.28 bits per heavy atom. The van der Waals surface area contributed by atoms with Gasteiger partial charge in [0, 0.05) is 31.2 Å². The van der Waals surface area contributed by atoms with Crippen LogP contribution in [0.1, 0.15) is 58.9 Å². The lowest BCUT2D eigenvalue weighted by molar-refractivity contribution is -0.134. The fraction of sp³-hybridized carbons (Fsp3) is 0.833. The highest BCUT2D eigenvalue weighted by Crippen LogP contribution is 2.49. The van der Waals surface area contributed by atoms with E-state index in [1.54, 1.807) is 12.7 Å². The summed E-state index contributed by atoms with van der Waals surface area (Å²) in [6.45, 7) is 8.73. The van der Waals surface area contributed by atoms with Crippen molar-refractivity contribution in [1.29, 1.82) is 0 Å². The van der Waals surface area contributed by atoms with E-state index >= 15 is 0 Å². The summed E-state index contributed by atoms with van der Waals surface area (Å²) in [6, 6.07) is 0.644. The van der Waals surface area contributed by atoms with Crippen LogP contribution in [0.2, 0.25) is 0 Å². The maximum atomic E-state index is 12.7. The molecule has 2 aliphatic rings. The number of rotatable bonds is 6. The van der Waals surface area contributed by atoms with Crippen LogP contribution in [0.3, 0.4) is 0 Å². The topological polar surface area (TPSA) is 72.3 Å². The average molecular weight is 349 g/mol. The largest absolute Gasteiger partial charge is 0.378 e. The number of piperidine rings is 1. The number of amides is 2. The summed E-state index contributed by atoms with van der Waals surface area (Å²) >= 11 is 0. The summed E-state index contributed by atoms with van der Waals surface area (Å²) in [4.78, 5) is 18.7. The molecule has 140 valence electrons. The van der Waals surface area contributed by atoms with E-state index < -0.39 is 0 Å². The molecule has 3 rings (SSSR count). The van der Waals surface area contributed by atoms with Crippen LogP contribution in [0.4, 0.5) is 4.79 Å². The smallest absolute Gasteiger partial charge is 0.317 e. The van der Waals surface area contributed by atoms with Crippen molar-refractivity contribution < 1.29 is 9.53 Å². The number of hydrogen-bond donors (Lipinski definition) is 1. The second-order valence-corrected chi connectivity index (χ2v) is 7.22. The Hall–Kier alpha value is -1.63. The molecule has 1 saturated carbocycles. The number of carbonyl (C=O) groups excluding carboxylic acids is 1. The number of aromatic nitrogens is 3. The van der Waals surface area contributed by atoms with Gasteiger partial charge in [0.1, 0.15) is 12.7 Å². The molecule has 0 unspecified atom stereocenters. The van der Waals surface area contributed by atoms with Crippen molar-refractivity contribution in [1.82, 2.24) is 25.0 Å². The summed E-state index contributed by atoms with van der Waals surface area (Å²) in [6.07, 6.45) is 8.46. The van der Waals surface area contributed by atoms with Gasteiger partial charge >= 0.3 is 6.03 Å². The fourth-order valence-electron chi connectivity index (χ4n) is 4.56. The van der Waals surface area contributed by atoms with Gasteiger partial charge in [-0.2, -0.15) is 5.10 Å². The standard InChI is InChI=1S/C18H31N5O2/c1-4-18(5-2)15(11-16(18)25-6-3)21-17(24)22-9-7-14(8-10-22)23-13-19-12-20-23/h12-16H,4-11H2,1-3H3,(H,21,24)/t15-,16+/m0/s1. The van der Waals surface area contributed by atoms with Gasteiger partial charge in [-0.05, 0) is 39.0 Å². The summed E-state index contributed by atoms with van der Waals surface area (Å²) in [5.74, 6) is 0. The lowest BCUT2D eigenvalue weighted by Crippen LogP contribution is -2.65. The molecule has 1 aromatic heterocycles. The second kappa shape index (κ2) is 7.72. The summed E-state index contributed by atoms with van der Waals surface area (Å²) < 4.78 is 7.82. The van der Waals surface area contributed by atoms with Gasteiger partial charge in [-0.15, -0.1) is 0 Å². The van der Waals surface area contributed by atoms with E-state index in [1.807, 2.05) is 16.5 Å². The Labute approximate surface area is 150 Å².